The highest BCUT2D eigenvalue weighted by Gasteiger charge is 2.33. The van der Waals surface area contributed by atoms with Crippen LogP contribution >= 0.6 is 11.6 Å². The number of hydrogen-bond donors (Lipinski definition) is 0. The van der Waals surface area contributed by atoms with Gasteiger partial charge < -0.3 is 4.90 Å². The van der Waals surface area contributed by atoms with E-state index >= 15 is 0 Å². The number of amides is 1. The van der Waals surface area contributed by atoms with E-state index in [4.69, 9.17) is 11.6 Å². The normalized spacial score (nSPS) is 17.0. The standard InChI is InChI=1S/C18H27ClN6O3S/c1-12(11-25-15(4)17(19)13(2)21-25)18(26)23-6-8-24(9-7-23)29(27,28)16-10-20-22(5)14(16)3/h10,12H,6-9,11H2,1-5H3. The lowest BCUT2D eigenvalue weighted by molar-refractivity contribution is -0.136. The minimum atomic E-state index is -3.61. The lowest BCUT2D eigenvalue weighted by atomic mass is 10.1. The first kappa shape index (κ1) is 21.8. The first-order valence-electron chi connectivity index (χ1n) is 9.51. The zero-order valence-electron chi connectivity index (χ0n) is 17.4. The highest BCUT2D eigenvalue weighted by molar-refractivity contribution is 7.89. The summed E-state index contributed by atoms with van der Waals surface area (Å²) in [5, 5.41) is 9.03. The Morgan fingerprint density at radius 2 is 1.79 bits per heavy atom. The molecular weight excluding hydrogens is 416 g/mol. The molecule has 3 rings (SSSR count). The smallest absolute Gasteiger partial charge is 0.246 e. The fourth-order valence-electron chi connectivity index (χ4n) is 3.52. The molecule has 0 spiro atoms. The summed E-state index contributed by atoms with van der Waals surface area (Å²) in [7, 11) is -1.90. The van der Waals surface area contributed by atoms with Crippen molar-refractivity contribution in [2.75, 3.05) is 26.2 Å². The Bertz CT molecular complexity index is 1020. The second kappa shape index (κ2) is 8.08. The maximum Gasteiger partial charge on any atom is 0.246 e. The number of aromatic nitrogens is 4. The van der Waals surface area contributed by atoms with Gasteiger partial charge in [-0.2, -0.15) is 14.5 Å². The van der Waals surface area contributed by atoms with Crippen molar-refractivity contribution in [1.29, 1.82) is 0 Å². The van der Waals surface area contributed by atoms with Crippen molar-refractivity contribution < 1.29 is 13.2 Å². The van der Waals surface area contributed by atoms with Crippen LogP contribution in [-0.4, -0.2) is 69.3 Å². The monoisotopic (exact) mass is 442 g/mol. The molecule has 1 amide bonds. The van der Waals surface area contributed by atoms with Crippen LogP contribution in [-0.2, 0) is 28.4 Å². The van der Waals surface area contributed by atoms with Crippen molar-refractivity contribution in [2.24, 2.45) is 13.0 Å². The van der Waals surface area contributed by atoms with Gasteiger partial charge in [-0.05, 0) is 20.8 Å². The molecule has 0 bridgehead atoms. The molecule has 0 saturated carbocycles. The number of carbonyl (C=O) groups excluding carboxylic acids is 1. The predicted molar refractivity (Wildman–Crippen MR) is 109 cm³/mol. The fourth-order valence-corrected chi connectivity index (χ4v) is 5.27. The first-order chi connectivity index (χ1) is 13.5. The molecule has 2 aromatic heterocycles. The van der Waals surface area contributed by atoms with Crippen LogP contribution in [0, 0.1) is 26.7 Å². The van der Waals surface area contributed by atoms with E-state index in [0.29, 0.717) is 30.4 Å². The topological polar surface area (TPSA) is 93.3 Å². The molecule has 0 aliphatic carbocycles. The predicted octanol–water partition coefficient (Wildman–Crippen LogP) is 1.36. The Hall–Kier alpha value is -1.91. The average molecular weight is 443 g/mol. The van der Waals surface area contributed by atoms with Gasteiger partial charge in [-0.3, -0.25) is 14.2 Å². The highest BCUT2D eigenvalue weighted by Crippen LogP contribution is 2.22. The number of carbonyl (C=O) groups is 1. The Labute approximate surface area is 176 Å². The third-order valence-corrected chi connectivity index (χ3v) is 8.07. The number of rotatable bonds is 5. The maximum absolute atomic E-state index is 12.9. The minimum Gasteiger partial charge on any atom is -0.340 e. The molecule has 1 aliphatic rings. The van der Waals surface area contributed by atoms with Crippen molar-refractivity contribution in [3.8, 4) is 0 Å². The zero-order chi connectivity index (χ0) is 21.5. The van der Waals surface area contributed by atoms with Gasteiger partial charge in [0.15, 0.2) is 0 Å². The van der Waals surface area contributed by atoms with E-state index in [0.717, 1.165) is 11.4 Å². The van der Waals surface area contributed by atoms with Crippen LogP contribution in [0.2, 0.25) is 5.02 Å². The maximum atomic E-state index is 12.9. The second-order valence-corrected chi connectivity index (χ2v) is 9.80. The van der Waals surface area contributed by atoms with Crippen molar-refractivity contribution in [3.63, 3.8) is 0 Å². The van der Waals surface area contributed by atoms with Gasteiger partial charge in [0, 0.05) is 33.2 Å². The van der Waals surface area contributed by atoms with Gasteiger partial charge >= 0.3 is 0 Å². The van der Waals surface area contributed by atoms with Crippen molar-refractivity contribution >= 4 is 27.5 Å². The molecule has 29 heavy (non-hydrogen) atoms. The number of nitrogens with zero attached hydrogens (tertiary/aromatic N) is 6. The van der Waals surface area contributed by atoms with Crippen LogP contribution in [0.3, 0.4) is 0 Å². The molecule has 0 radical (unpaired) electrons. The van der Waals surface area contributed by atoms with Gasteiger partial charge in [0.25, 0.3) is 0 Å². The summed E-state index contributed by atoms with van der Waals surface area (Å²) >= 11 is 6.18. The van der Waals surface area contributed by atoms with Crippen molar-refractivity contribution in [2.45, 2.75) is 39.1 Å². The van der Waals surface area contributed by atoms with Gasteiger partial charge in [-0.25, -0.2) is 8.42 Å². The summed E-state index contributed by atoms with van der Waals surface area (Å²) in [4.78, 5) is 14.8. The molecule has 160 valence electrons. The SMILES string of the molecule is Cc1nn(CC(C)C(=O)N2CCN(S(=O)(=O)c3cnn(C)c3C)CC2)c(C)c1Cl. The van der Waals surface area contributed by atoms with E-state index in [9.17, 15) is 13.2 Å². The molecule has 11 heteroatoms. The van der Waals surface area contributed by atoms with Gasteiger partial charge in [0.1, 0.15) is 4.90 Å². The molecule has 9 nitrogen and oxygen atoms in total. The van der Waals surface area contributed by atoms with Crippen molar-refractivity contribution in [1.82, 2.24) is 28.8 Å². The summed E-state index contributed by atoms with van der Waals surface area (Å²) < 4.78 is 30.5. The largest absolute Gasteiger partial charge is 0.340 e. The fraction of sp³-hybridized carbons (Fsp3) is 0.611. The molecule has 1 unspecified atom stereocenters. The molecule has 1 fully saturated rings. The Balaban J connectivity index is 1.63. The van der Waals surface area contributed by atoms with E-state index in [2.05, 4.69) is 10.2 Å². The van der Waals surface area contributed by atoms with Crippen LogP contribution in [0.25, 0.3) is 0 Å². The van der Waals surface area contributed by atoms with Gasteiger partial charge in [0.05, 0.1) is 40.8 Å². The van der Waals surface area contributed by atoms with Crippen LogP contribution < -0.4 is 0 Å². The van der Waals surface area contributed by atoms with Crippen LogP contribution in [0.1, 0.15) is 24.0 Å². The highest BCUT2D eigenvalue weighted by atomic mass is 35.5. The molecular formula is C18H27ClN6O3S. The van der Waals surface area contributed by atoms with E-state index < -0.39 is 10.0 Å². The summed E-state index contributed by atoms with van der Waals surface area (Å²) in [5.41, 5.74) is 2.18. The molecule has 0 N–H and O–H groups in total. The summed E-state index contributed by atoms with van der Waals surface area (Å²) in [6.45, 7) is 8.99. The van der Waals surface area contributed by atoms with Gasteiger partial charge in [-0.15, -0.1) is 0 Å². The molecule has 1 aliphatic heterocycles. The molecule has 1 saturated heterocycles. The number of hydrogen-bond acceptors (Lipinski definition) is 5. The van der Waals surface area contributed by atoms with Crippen molar-refractivity contribution in [3.05, 3.63) is 28.3 Å². The van der Waals surface area contributed by atoms with Gasteiger partial charge in [0.2, 0.25) is 15.9 Å². The quantitative estimate of drug-likeness (QED) is 0.697. The number of sulfonamides is 1. The van der Waals surface area contributed by atoms with Crippen LogP contribution in [0.5, 0.6) is 0 Å². The molecule has 2 aromatic rings. The summed E-state index contributed by atoms with van der Waals surface area (Å²) in [5.74, 6) is -0.295. The third kappa shape index (κ3) is 4.06. The average Bonchev–Trinajstić information content (AvgIpc) is 3.15. The number of aryl methyl sites for hydroxylation is 2. The molecule has 3 heterocycles. The van der Waals surface area contributed by atoms with E-state index in [1.807, 2.05) is 20.8 Å². The first-order valence-corrected chi connectivity index (χ1v) is 11.3. The molecule has 1 atom stereocenters. The second-order valence-electron chi connectivity index (χ2n) is 7.52. The number of halogens is 1. The van der Waals surface area contributed by atoms with E-state index in [-0.39, 0.29) is 29.8 Å². The Morgan fingerprint density at radius 3 is 2.28 bits per heavy atom. The van der Waals surface area contributed by atoms with Crippen LogP contribution in [0.4, 0.5) is 0 Å². The van der Waals surface area contributed by atoms with Crippen LogP contribution in [0.15, 0.2) is 11.1 Å². The van der Waals surface area contributed by atoms with E-state index in [1.165, 1.54) is 10.5 Å². The summed E-state index contributed by atoms with van der Waals surface area (Å²) in [6.07, 6.45) is 1.38. The number of piperazine rings is 1. The van der Waals surface area contributed by atoms with Gasteiger partial charge in [-0.1, -0.05) is 18.5 Å². The Kier molecular flexibility index (Phi) is 6.07. The van der Waals surface area contributed by atoms with E-state index in [1.54, 1.807) is 28.2 Å². The molecule has 0 aromatic carbocycles. The summed E-state index contributed by atoms with van der Waals surface area (Å²) in [6, 6.07) is 0. The Morgan fingerprint density at radius 1 is 1.17 bits per heavy atom. The zero-order valence-corrected chi connectivity index (χ0v) is 19.0. The third-order valence-electron chi connectivity index (χ3n) is 5.52. The lowest BCUT2D eigenvalue weighted by Gasteiger charge is -2.35. The lowest BCUT2D eigenvalue weighted by Crippen LogP contribution is -2.52. The minimum absolute atomic E-state index is 0.0109.